The average molecular weight is 690 g/mol. The maximum absolute atomic E-state index is 13.9. The van der Waals surface area contributed by atoms with Gasteiger partial charge in [0.05, 0.1) is 17.3 Å². The molecule has 2 aromatic heterocycles. The van der Waals surface area contributed by atoms with E-state index in [1.54, 1.807) is 0 Å². The molecule has 1 atom stereocenters. The Morgan fingerprint density at radius 2 is 1.78 bits per heavy atom. The maximum Gasteiger partial charge on any atom is 0.322 e. The molecule has 5 aromatic rings. The Morgan fingerprint density at radius 3 is 2.58 bits per heavy atom. The second kappa shape index (κ2) is 14.2. The molecule has 0 bridgehead atoms. The van der Waals surface area contributed by atoms with Gasteiger partial charge in [-0.05, 0) is 72.5 Å². The Kier molecular flexibility index (Phi) is 9.61. The molecule has 1 saturated heterocycles. The molecule has 2 aliphatic heterocycles. The molecule has 0 spiro atoms. The van der Waals surface area contributed by atoms with Crippen molar-refractivity contribution in [2.24, 2.45) is 0 Å². The van der Waals surface area contributed by atoms with Gasteiger partial charge in [0, 0.05) is 69.2 Å². The summed E-state index contributed by atoms with van der Waals surface area (Å²) in [7, 11) is -1.16. The average Bonchev–Trinajstić information content (AvgIpc) is 3.52. The Bertz CT molecular complexity index is 2010. The van der Waals surface area contributed by atoms with Crippen molar-refractivity contribution in [1.29, 1.82) is 0 Å². The number of pyridine rings is 1. The van der Waals surface area contributed by atoms with E-state index in [0.717, 1.165) is 75.2 Å². The van der Waals surface area contributed by atoms with Gasteiger partial charge in [-0.2, -0.15) is 5.10 Å². The van der Waals surface area contributed by atoms with E-state index in [9.17, 15) is 9.59 Å². The number of hydrogen-bond acceptors (Lipinski definition) is 5. The first-order valence-electron chi connectivity index (χ1n) is 17.7. The van der Waals surface area contributed by atoms with Crippen molar-refractivity contribution in [1.82, 2.24) is 29.9 Å². The van der Waals surface area contributed by atoms with Crippen molar-refractivity contribution in [3.05, 3.63) is 102 Å². The molecule has 2 aliphatic rings. The van der Waals surface area contributed by atoms with Crippen LogP contribution in [0.5, 0.6) is 0 Å². The number of para-hydroxylation sites is 1. The van der Waals surface area contributed by atoms with Crippen molar-refractivity contribution in [3.63, 3.8) is 0 Å². The van der Waals surface area contributed by atoms with Gasteiger partial charge in [0.1, 0.15) is 6.73 Å². The van der Waals surface area contributed by atoms with Gasteiger partial charge in [0.15, 0.2) is 0 Å². The fourth-order valence-corrected chi connectivity index (χ4v) is 7.81. The number of urea groups is 2. The van der Waals surface area contributed by atoms with Gasteiger partial charge in [-0.25, -0.2) is 14.3 Å². The Morgan fingerprint density at radius 1 is 1.02 bits per heavy atom. The quantitative estimate of drug-likeness (QED) is 0.116. The molecule has 7 rings (SSSR count). The number of piperidine rings is 1. The highest BCUT2D eigenvalue weighted by atomic mass is 28.3. The number of hydrogen-bond donors (Lipinski definition) is 2. The van der Waals surface area contributed by atoms with Crippen LogP contribution in [0.25, 0.3) is 21.7 Å². The number of fused-ring (bicyclic) bond motifs is 3. The number of nitrogens with one attached hydrogen (secondary N) is 2. The SMILES string of the molecule is Cc1cc(CC(NC(=O)N2CCC(N3Cc4ccccc4NC3=O)CC2)c2cc3ccccc3cn2)cc2cn(COCC[Si](C)(C)C)nc12. The van der Waals surface area contributed by atoms with E-state index in [0.29, 0.717) is 32.8 Å². The first-order valence-corrected chi connectivity index (χ1v) is 21.4. The molecule has 10 nitrogen and oxygen atoms in total. The van der Waals surface area contributed by atoms with Crippen molar-refractivity contribution in [2.45, 2.75) is 77.2 Å². The van der Waals surface area contributed by atoms with Crippen LogP contribution in [0.15, 0.2) is 79.1 Å². The molecule has 50 heavy (non-hydrogen) atoms. The summed E-state index contributed by atoms with van der Waals surface area (Å²) in [6.45, 7) is 12.1. The van der Waals surface area contributed by atoms with Gasteiger partial charge >= 0.3 is 12.1 Å². The van der Waals surface area contributed by atoms with Crippen LogP contribution in [0.1, 0.15) is 41.3 Å². The molecule has 4 amide bonds. The smallest absolute Gasteiger partial charge is 0.322 e. The minimum absolute atomic E-state index is 0.0681. The third kappa shape index (κ3) is 7.68. The van der Waals surface area contributed by atoms with Crippen LogP contribution < -0.4 is 10.6 Å². The second-order valence-corrected chi connectivity index (χ2v) is 20.6. The van der Waals surface area contributed by atoms with Gasteiger partial charge in [0.25, 0.3) is 0 Å². The fourth-order valence-electron chi connectivity index (χ4n) is 7.05. The van der Waals surface area contributed by atoms with Crippen LogP contribution in [0, 0.1) is 6.92 Å². The van der Waals surface area contributed by atoms with E-state index in [2.05, 4.69) is 73.6 Å². The summed E-state index contributed by atoms with van der Waals surface area (Å²) < 4.78 is 7.85. The van der Waals surface area contributed by atoms with Gasteiger partial charge in [-0.3, -0.25) is 4.98 Å². The van der Waals surface area contributed by atoms with Crippen LogP contribution in [0.2, 0.25) is 25.7 Å². The molecular formula is C39H47N7O3Si. The highest BCUT2D eigenvalue weighted by Gasteiger charge is 2.33. The highest BCUT2D eigenvalue weighted by molar-refractivity contribution is 6.76. The lowest BCUT2D eigenvalue weighted by Gasteiger charge is -2.40. The highest BCUT2D eigenvalue weighted by Crippen LogP contribution is 2.29. The molecule has 11 heteroatoms. The molecule has 3 aromatic carbocycles. The number of benzene rings is 3. The van der Waals surface area contributed by atoms with E-state index >= 15 is 0 Å². The standard InChI is InChI=1S/C39H47N7O3Si/c1-27-19-28(20-32-24-45(43-37(27)32)26-49-17-18-50(2,3)4)21-36(35-22-29-9-5-6-10-30(29)23-40-35)42-38(47)44-15-13-33(14-16-44)46-25-31-11-7-8-12-34(31)41-39(46)48/h5-12,19-20,22-24,33,36H,13-18,21,25-26H2,1-4H3,(H,41,48)(H,42,47). The molecule has 0 saturated carbocycles. The van der Waals surface area contributed by atoms with Gasteiger partial charge in [-0.1, -0.05) is 68.2 Å². The van der Waals surface area contributed by atoms with Crippen LogP contribution in [-0.2, 0) is 24.4 Å². The van der Waals surface area contributed by atoms with Gasteiger partial charge in [-0.15, -0.1) is 0 Å². The summed E-state index contributed by atoms with van der Waals surface area (Å²) in [5, 5.41) is 14.4. The number of nitrogens with zero attached hydrogens (tertiary/aromatic N) is 5. The number of anilines is 1. The zero-order valence-corrected chi connectivity index (χ0v) is 30.5. The Balaban J connectivity index is 1.06. The summed E-state index contributed by atoms with van der Waals surface area (Å²) in [6.07, 6.45) is 5.97. The van der Waals surface area contributed by atoms with Crippen molar-refractivity contribution in [2.75, 3.05) is 25.0 Å². The predicted octanol–water partition coefficient (Wildman–Crippen LogP) is 7.71. The first-order chi connectivity index (χ1) is 24.1. The molecule has 260 valence electrons. The third-order valence-corrected chi connectivity index (χ3v) is 11.6. The normalized spacial score (nSPS) is 16.0. The largest absolute Gasteiger partial charge is 0.360 e. The number of aryl methyl sites for hydroxylation is 1. The fraction of sp³-hybridized carbons (Fsp3) is 0.385. The Hall–Kier alpha value is -4.74. The predicted molar refractivity (Wildman–Crippen MR) is 201 cm³/mol. The molecule has 0 radical (unpaired) electrons. The van der Waals surface area contributed by atoms with E-state index in [1.165, 1.54) is 0 Å². The minimum Gasteiger partial charge on any atom is -0.360 e. The van der Waals surface area contributed by atoms with Crippen molar-refractivity contribution in [3.8, 4) is 0 Å². The van der Waals surface area contributed by atoms with Crippen molar-refractivity contribution < 1.29 is 14.3 Å². The summed E-state index contributed by atoms with van der Waals surface area (Å²) in [4.78, 5) is 35.5. The zero-order valence-electron chi connectivity index (χ0n) is 29.5. The van der Waals surface area contributed by atoms with E-state index in [4.69, 9.17) is 14.8 Å². The lowest BCUT2D eigenvalue weighted by atomic mass is 9.98. The Labute approximate surface area is 294 Å². The number of rotatable bonds is 10. The molecule has 1 fully saturated rings. The topological polar surface area (TPSA) is 105 Å². The second-order valence-electron chi connectivity index (χ2n) is 15.0. The molecule has 4 heterocycles. The molecule has 2 N–H and O–H groups in total. The summed E-state index contributed by atoms with van der Waals surface area (Å²) >= 11 is 0. The molecular weight excluding hydrogens is 643 g/mol. The van der Waals surface area contributed by atoms with Gasteiger partial charge in [0.2, 0.25) is 0 Å². The van der Waals surface area contributed by atoms with Crippen LogP contribution >= 0.6 is 0 Å². The number of carbonyl (C=O) groups excluding carboxylic acids is 2. The van der Waals surface area contributed by atoms with Gasteiger partial charge < -0.3 is 25.2 Å². The maximum atomic E-state index is 13.9. The van der Waals surface area contributed by atoms with Crippen LogP contribution in [0.3, 0.4) is 0 Å². The van der Waals surface area contributed by atoms with E-state index < -0.39 is 8.07 Å². The van der Waals surface area contributed by atoms with Crippen LogP contribution in [-0.4, -0.2) is 70.4 Å². The zero-order chi connectivity index (χ0) is 34.8. The molecule has 1 unspecified atom stereocenters. The molecule has 0 aliphatic carbocycles. The van der Waals surface area contributed by atoms with Crippen molar-refractivity contribution >= 4 is 47.5 Å². The number of amides is 4. The van der Waals surface area contributed by atoms with E-state index in [-0.39, 0.29) is 24.1 Å². The summed E-state index contributed by atoms with van der Waals surface area (Å²) in [6, 6.07) is 23.2. The summed E-state index contributed by atoms with van der Waals surface area (Å²) in [5.41, 5.74) is 5.96. The first kappa shape index (κ1) is 33.7. The number of likely N-dealkylation sites (tertiary alicyclic amines) is 1. The minimum atomic E-state index is -1.16. The number of carbonyl (C=O) groups is 2. The lowest BCUT2D eigenvalue weighted by molar-refractivity contribution is 0.0791. The lowest BCUT2D eigenvalue weighted by Crippen LogP contribution is -2.53. The number of aromatic nitrogens is 3. The number of ether oxygens (including phenoxy) is 1. The monoisotopic (exact) mass is 689 g/mol. The third-order valence-electron chi connectivity index (χ3n) is 9.93. The van der Waals surface area contributed by atoms with Crippen LogP contribution in [0.4, 0.5) is 15.3 Å². The van der Waals surface area contributed by atoms with E-state index in [1.807, 2.05) is 57.2 Å². The summed E-state index contributed by atoms with van der Waals surface area (Å²) in [5.74, 6) is 0.